The van der Waals surface area contributed by atoms with E-state index in [9.17, 15) is 4.79 Å². The first-order chi connectivity index (χ1) is 15.1. The lowest BCUT2D eigenvalue weighted by Crippen LogP contribution is -2.14. The highest BCUT2D eigenvalue weighted by atomic mass is 32.2. The summed E-state index contributed by atoms with van der Waals surface area (Å²) >= 11 is 2.72. The van der Waals surface area contributed by atoms with Crippen LogP contribution in [0.5, 0.6) is 5.75 Å². The van der Waals surface area contributed by atoms with Gasteiger partial charge in [0, 0.05) is 6.54 Å². The molecule has 8 nitrogen and oxygen atoms in total. The molecule has 0 spiro atoms. The predicted molar refractivity (Wildman–Crippen MR) is 123 cm³/mol. The quantitative estimate of drug-likeness (QED) is 0.287. The second kappa shape index (κ2) is 9.36. The monoisotopic (exact) mass is 455 g/mol. The molecule has 0 bridgehead atoms. The molecule has 1 amide bonds. The summed E-state index contributed by atoms with van der Waals surface area (Å²) in [4.78, 5) is 17.0. The smallest absolute Gasteiger partial charge is 0.236 e. The number of furan rings is 1. The van der Waals surface area contributed by atoms with E-state index in [1.807, 2.05) is 42.7 Å². The van der Waals surface area contributed by atoms with Gasteiger partial charge in [-0.3, -0.25) is 9.36 Å². The summed E-state index contributed by atoms with van der Waals surface area (Å²) in [6, 6.07) is 7.54. The van der Waals surface area contributed by atoms with E-state index in [2.05, 4.69) is 27.1 Å². The van der Waals surface area contributed by atoms with Gasteiger partial charge in [0.15, 0.2) is 16.1 Å². The van der Waals surface area contributed by atoms with Gasteiger partial charge in [0.05, 0.1) is 34.4 Å². The molecule has 31 heavy (non-hydrogen) atoms. The van der Waals surface area contributed by atoms with Crippen LogP contribution < -0.4 is 10.1 Å². The van der Waals surface area contributed by atoms with E-state index < -0.39 is 0 Å². The highest BCUT2D eigenvalue weighted by Gasteiger charge is 2.18. The van der Waals surface area contributed by atoms with E-state index in [0.717, 1.165) is 27.3 Å². The molecule has 3 heterocycles. The number of thiazole rings is 1. The molecule has 1 N–H and O–H groups in total. The number of anilines is 1. The molecular weight excluding hydrogens is 434 g/mol. The lowest BCUT2D eigenvalue weighted by Gasteiger charge is -2.07. The second-order valence-electron chi connectivity index (χ2n) is 6.51. The number of hydrogen-bond donors (Lipinski definition) is 1. The highest BCUT2D eigenvalue weighted by Crippen LogP contribution is 2.30. The fourth-order valence-electron chi connectivity index (χ4n) is 3.01. The Hall–Kier alpha value is -3.11. The number of hydrogen-bond acceptors (Lipinski definition) is 8. The molecule has 0 aliphatic carbocycles. The topological polar surface area (TPSA) is 95.1 Å². The number of carbonyl (C=O) groups excluding carboxylic acids is 1. The van der Waals surface area contributed by atoms with Crippen LogP contribution in [0.2, 0.25) is 0 Å². The average Bonchev–Trinajstić information content (AvgIpc) is 3.45. The van der Waals surface area contributed by atoms with Crippen LogP contribution in [0.25, 0.3) is 21.6 Å². The Morgan fingerprint density at radius 2 is 2.26 bits per heavy atom. The SMILES string of the molecule is C=CCn1c(SCC(=O)Nc2nc3ccc(OCC)cc3s2)nnc1-c1ccoc1C. The molecule has 0 fully saturated rings. The van der Waals surface area contributed by atoms with Gasteiger partial charge in [-0.2, -0.15) is 0 Å². The molecule has 0 saturated heterocycles. The van der Waals surface area contributed by atoms with E-state index >= 15 is 0 Å². The zero-order valence-electron chi connectivity index (χ0n) is 17.1. The number of fused-ring (bicyclic) bond motifs is 1. The Kier molecular flexibility index (Phi) is 6.38. The fraction of sp³-hybridized carbons (Fsp3) is 0.238. The summed E-state index contributed by atoms with van der Waals surface area (Å²) in [5.74, 6) is 2.25. The summed E-state index contributed by atoms with van der Waals surface area (Å²) in [6.07, 6.45) is 3.39. The molecule has 1 aromatic carbocycles. The zero-order chi connectivity index (χ0) is 21.8. The van der Waals surface area contributed by atoms with Gasteiger partial charge in [-0.15, -0.1) is 16.8 Å². The molecule has 0 aliphatic rings. The molecule has 0 radical (unpaired) electrons. The number of amides is 1. The predicted octanol–water partition coefficient (Wildman–Crippen LogP) is 4.77. The first-order valence-corrected chi connectivity index (χ1v) is 11.4. The van der Waals surface area contributed by atoms with Crippen molar-refractivity contribution in [1.82, 2.24) is 19.7 Å². The number of benzene rings is 1. The Labute approximate surface area is 187 Å². The van der Waals surface area contributed by atoms with Crippen LogP contribution >= 0.6 is 23.1 Å². The standard InChI is InChI=1S/C21H21N5O3S2/c1-4-9-26-19(15-8-10-29-13(15)3)24-25-21(26)30-12-18(27)23-20-22-16-7-6-14(28-5-2)11-17(16)31-20/h4,6-8,10-11H,1,5,9,12H2,2-3H3,(H,22,23,27). The maximum absolute atomic E-state index is 12.5. The van der Waals surface area contributed by atoms with Crippen LogP contribution in [0.4, 0.5) is 5.13 Å². The fourth-order valence-corrected chi connectivity index (χ4v) is 4.66. The van der Waals surface area contributed by atoms with Crippen molar-refractivity contribution < 1.29 is 13.9 Å². The second-order valence-corrected chi connectivity index (χ2v) is 8.49. The zero-order valence-corrected chi connectivity index (χ0v) is 18.8. The average molecular weight is 456 g/mol. The van der Waals surface area contributed by atoms with Crippen molar-refractivity contribution in [2.24, 2.45) is 0 Å². The molecule has 3 aromatic heterocycles. The van der Waals surface area contributed by atoms with Gasteiger partial charge >= 0.3 is 0 Å². The van der Waals surface area contributed by atoms with Crippen LogP contribution in [-0.2, 0) is 11.3 Å². The van der Waals surface area contributed by atoms with Gasteiger partial charge in [-0.25, -0.2) is 4.98 Å². The number of thioether (sulfide) groups is 1. The van der Waals surface area contributed by atoms with Crippen LogP contribution in [0.15, 0.2) is 52.8 Å². The van der Waals surface area contributed by atoms with E-state index in [1.165, 1.54) is 23.1 Å². The molecule has 0 saturated carbocycles. The Morgan fingerprint density at radius 1 is 1.39 bits per heavy atom. The van der Waals surface area contributed by atoms with Crippen LogP contribution in [0.3, 0.4) is 0 Å². The number of rotatable bonds is 9. The summed E-state index contributed by atoms with van der Waals surface area (Å²) in [7, 11) is 0. The van der Waals surface area contributed by atoms with Crippen molar-refractivity contribution in [2.75, 3.05) is 17.7 Å². The van der Waals surface area contributed by atoms with Crippen molar-refractivity contribution in [3.8, 4) is 17.1 Å². The van der Waals surface area contributed by atoms with Crippen LogP contribution in [0, 0.1) is 6.92 Å². The van der Waals surface area contributed by atoms with Crippen LogP contribution in [-0.4, -0.2) is 38.0 Å². The van der Waals surface area contributed by atoms with E-state index in [-0.39, 0.29) is 11.7 Å². The Bertz CT molecular complexity index is 1230. The summed E-state index contributed by atoms with van der Waals surface area (Å²) in [5, 5.41) is 12.6. The largest absolute Gasteiger partial charge is 0.494 e. The molecule has 0 aliphatic heterocycles. The van der Waals surface area contributed by atoms with Crippen molar-refractivity contribution in [2.45, 2.75) is 25.5 Å². The van der Waals surface area contributed by atoms with E-state index in [1.54, 1.807) is 12.3 Å². The molecule has 160 valence electrons. The van der Waals surface area contributed by atoms with Crippen molar-refractivity contribution in [3.63, 3.8) is 0 Å². The highest BCUT2D eigenvalue weighted by molar-refractivity contribution is 7.99. The first kappa shape index (κ1) is 21.1. The van der Waals surface area contributed by atoms with Gasteiger partial charge in [0.2, 0.25) is 5.91 Å². The number of carbonyl (C=O) groups is 1. The van der Waals surface area contributed by atoms with Gasteiger partial charge in [-0.05, 0) is 38.1 Å². The van der Waals surface area contributed by atoms with E-state index in [0.29, 0.717) is 29.3 Å². The van der Waals surface area contributed by atoms with Gasteiger partial charge in [-0.1, -0.05) is 29.2 Å². The lowest BCUT2D eigenvalue weighted by molar-refractivity contribution is -0.113. The Balaban J connectivity index is 1.44. The maximum Gasteiger partial charge on any atom is 0.236 e. The van der Waals surface area contributed by atoms with Crippen molar-refractivity contribution in [1.29, 1.82) is 0 Å². The third-order valence-electron chi connectivity index (χ3n) is 4.38. The number of ether oxygens (including phenoxy) is 1. The summed E-state index contributed by atoms with van der Waals surface area (Å²) < 4.78 is 13.8. The third-order valence-corrected chi connectivity index (χ3v) is 6.28. The number of aryl methyl sites for hydroxylation is 1. The van der Waals surface area contributed by atoms with Crippen molar-refractivity contribution >= 4 is 44.4 Å². The lowest BCUT2D eigenvalue weighted by atomic mass is 10.2. The maximum atomic E-state index is 12.5. The summed E-state index contributed by atoms with van der Waals surface area (Å²) in [6.45, 7) is 8.75. The third kappa shape index (κ3) is 4.64. The number of nitrogens with zero attached hydrogens (tertiary/aromatic N) is 4. The summed E-state index contributed by atoms with van der Waals surface area (Å²) in [5.41, 5.74) is 1.69. The van der Waals surface area contributed by atoms with E-state index in [4.69, 9.17) is 9.15 Å². The number of allylic oxidation sites excluding steroid dienone is 1. The minimum absolute atomic E-state index is 0.164. The van der Waals surface area contributed by atoms with Gasteiger partial charge < -0.3 is 14.5 Å². The Morgan fingerprint density at radius 3 is 3.00 bits per heavy atom. The molecule has 4 rings (SSSR count). The minimum atomic E-state index is -0.164. The van der Waals surface area contributed by atoms with Crippen LogP contribution in [0.1, 0.15) is 12.7 Å². The molecule has 10 heteroatoms. The minimum Gasteiger partial charge on any atom is -0.494 e. The molecular formula is C21H21N5O3S2. The van der Waals surface area contributed by atoms with Gasteiger partial charge in [0.1, 0.15) is 11.5 Å². The van der Waals surface area contributed by atoms with Gasteiger partial charge in [0.25, 0.3) is 0 Å². The first-order valence-electron chi connectivity index (χ1n) is 9.63. The molecule has 0 atom stereocenters. The molecule has 0 unspecified atom stereocenters. The van der Waals surface area contributed by atoms with Crippen molar-refractivity contribution in [3.05, 3.63) is 48.9 Å². The number of aromatic nitrogens is 4. The molecule has 4 aromatic rings. The number of nitrogens with one attached hydrogen (secondary N) is 1. The normalized spacial score (nSPS) is 11.0.